The fourth-order valence-electron chi connectivity index (χ4n) is 6.36. The number of aliphatic imine (C=N–C) groups is 1. The van der Waals surface area contributed by atoms with Crippen LogP contribution >= 0.6 is 0 Å². The Morgan fingerprint density at radius 1 is 1.07 bits per heavy atom. The molecule has 0 aromatic heterocycles. The van der Waals surface area contributed by atoms with E-state index in [1.165, 1.54) is 28.6 Å². The number of sulfonamides is 1. The van der Waals surface area contributed by atoms with Crippen LogP contribution in [0.2, 0.25) is 0 Å². The summed E-state index contributed by atoms with van der Waals surface area (Å²) in [5, 5.41) is 6.39. The Bertz CT molecular complexity index is 1450. The molecule has 4 fully saturated rings. The highest BCUT2D eigenvalue weighted by molar-refractivity contribution is 7.89. The third-order valence-electron chi connectivity index (χ3n) is 8.93. The van der Waals surface area contributed by atoms with Crippen LogP contribution in [0.1, 0.15) is 56.6 Å². The van der Waals surface area contributed by atoms with Crippen LogP contribution in [0.5, 0.6) is 0 Å². The van der Waals surface area contributed by atoms with Crippen LogP contribution in [-0.2, 0) is 27.5 Å². The Balaban J connectivity index is 1.22. The summed E-state index contributed by atoms with van der Waals surface area (Å²) in [4.78, 5) is 17.5. The normalized spacial score (nSPS) is 29.6. The van der Waals surface area contributed by atoms with Crippen molar-refractivity contribution < 1.29 is 30.8 Å². The maximum atomic E-state index is 13.8. The molecule has 2 N–H and O–H groups in total. The Morgan fingerprint density at radius 3 is 2.25 bits per heavy atom. The van der Waals surface area contributed by atoms with Gasteiger partial charge in [0.05, 0.1) is 17.0 Å². The molecule has 1 heterocycles. The first kappa shape index (κ1) is 27.2. The molecule has 2 aromatic rings. The number of alkyl halides is 3. The Labute approximate surface area is 230 Å². The van der Waals surface area contributed by atoms with Crippen molar-refractivity contribution in [3.63, 3.8) is 0 Å². The molecule has 2 bridgehead atoms. The fraction of sp³-hybridized carbons (Fsp3) is 0.500. The van der Waals surface area contributed by atoms with Gasteiger partial charge >= 0.3 is 6.18 Å². The van der Waals surface area contributed by atoms with E-state index in [2.05, 4.69) is 15.6 Å². The molecule has 1 atom stereocenters. The third-order valence-corrected chi connectivity index (χ3v) is 10.9. The fourth-order valence-corrected chi connectivity index (χ4v) is 8.12. The zero-order valence-corrected chi connectivity index (χ0v) is 22.7. The first-order valence-corrected chi connectivity index (χ1v) is 14.8. The van der Waals surface area contributed by atoms with E-state index in [0.717, 1.165) is 43.5 Å². The summed E-state index contributed by atoms with van der Waals surface area (Å²) in [6.45, 7) is 1.97. The van der Waals surface area contributed by atoms with E-state index in [-0.39, 0.29) is 28.8 Å². The smallest absolute Gasteiger partial charge is 0.358 e. The zero-order valence-electron chi connectivity index (χ0n) is 21.9. The van der Waals surface area contributed by atoms with Crippen LogP contribution in [0.4, 0.5) is 17.6 Å². The van der Waals surface area contributed by atoms with E-state index in [4.69, 9.17) is 0 Å². The van der Waals surface area contributed by atoms with Gasteiger partial charge in [-0.3, -0.25) is 9.79 Å². The van der Waals surface area contributed by atoms with Crippen molar-refractivity contribution in [2.75, 3.05) is 6.54 Å². The minimum Gasteiger partial charge on any atom is -0.358 e. The number of carbonyl (C=O) groups excluding carboxylic acids is 1. The number of nitrogens with one attached hydrogen (secondary N) is 2. The molecule has 1 aliphatic heterocycles. The first-order chi connectivity index (χ1) is 18.7. The van der Waals surface area contributed by atoms with Crippen molar-refractivity contribution in [1.29, 1.82) is 0 Å². The van der Waals surface area contributed by atoms with Crippen LogP contribution in [0.25, 0.3) is 0 Å². The third kappa shape index (κ3) is 4.39. The number of halogens is 4. The lowest BCUT2D eigenvalue weighted by atomic mass is 9.38. The maximum Gasteiger partial charge on any atom is 0.416 e. The summed E-state index contributed by atoms with van der Waals surface area (Å²) in [5.41, 5.74) is -2.41. The van der Waals surface area contributed by atoms with Crippen molar-refractivity contribution in [2.45, 2.75) is 80.2 Å². The molecule has 7 nitrogen and oxygen atoms in total. The van der Waals surface area contributed by atoms with Crippen molar-refractivity contribution in [3.8, 4) is 0 Å². The summed E-state index contributed by atoms with van der Waals surface area (Å²) < 4.78 is 81.8. The first-order valence-electron chi connectivity index (χ1n) is 13.3. The van der Waals surface area contributed by atoms with E-state index < -0.39 is 38.7 Å². The number of amides is 1. The van der Waals surface area contributed by atoms with E-state index >= 15 is 0 Å². The molecular formula is C28H30F4N4O3S. The molecule has 4 saturated carbocycles. The van der Waals surface area contributed by atoms with Gasteiger partial charge in [-0.05, 0) is 87.4 Å². The lowest BCUT2D eigenvalue weighted by Crippen LogP contribution is -2.79. The summed E-state index contributed by atoms with van der Waals surface area (Å²) in [7, 11) is -4.11. The second-order valence-corrected chi connectivity index (χ2v) is 13.8. The number of hydrogen-bond donors (Lipinski definition) is 2. The second-order valence-electron chi connectivity index (χ2n) is 11.9. The average molecular weight is 579 g/mol. The number of amidine groups is 1. The molecule has 5 aliphatic rings. The van der Waals surface area contributed by atoms with Crippen molar-refractivity contribution in [3.05, 3.63) is 65.5 Å². The van der Waals surface area contributed by atoms with Crippen LogP contribution in [0, 0.1) is 11.2 Å². The molecule has 4 aliphatic carbocycles. The van der Waals surface area contributed by atoms with E-state index in [1.807, 2.05) is 6.92 Å². The van der Waals surface area contributed by atoms with E-state index in [1.54, 1.807) is 0 Å². The monoisotopic (exact) mass is 578 g/mol. The predicted octanol–water partition coefficient (Wildman–Crippen LogP) is 4.39. The second kappa shape index (κ2) is 9.01. The van der Waals surface area contributed by atoms with Crippen LogP contribution in [-0.4, -0.2) is 48.1 Å². The Kier molecular flexibility index (Phi) is 6.12. The van der Waals surface area contributed by atoms with Gasteiger partial charge < -0.3 is 10.6 Å². The minimum atomic E-state index is -4.50. The molecule has 0 saturated heterocycles. The molecule has 40 heavy (non-hydrogen) atoms. The standard InChI is InChI=1S/C28H30F4N4O3S/c1-25(24(37)34-21-3-2-4-21)17-33-23(35-25)26-14-27(15-26,16-26)36(40(38,39)22-11-9-20(29)10-12-22)13-18-5-7-19(8-6-18)28(30,31)32/h5-12,21H,2-4,13-17H2,1H3,(H,33,35)(H,34,37)/t25-,26?,27?/m1/s1. The Morgan fingerprint density at radius 2 is 1.70 bits per heavy atom. The molecule has 7 rings (SSSR count). The van der Waals surface area contributed by atoms with Crippen molar-refractivity contribution in [2.24, 2.45) is 10.4 Å². The average Bonchev–Trinajstić information content (AvgIpc) is 3.22. The van der Waals surface area contributed by atoms with Crippen molar-refractivity contribution >= 4 is 21.8 Å². The zero-order chi connectivity index (χ0) is 28.6. The lowest BCUT2D eigenvalue weighted by molar-refractivity contribution is -0.151. The van der Waals surface area contributed by atoms with Gasteiger partial charge in [0.25, 0.3) is 0 Å². The molecule has 214 valence electrons. The maximum absolute atomic E-state index is 13.8. The highest BCUT2D eigenvalue weighted by atomic mass is 32.2. The molecule has 1 amide bonds. The van der Waals surface area contributed by atoms with E-state index in [9.17, 15) is 30.8 Å². The summed E-state index contributed by atoms with van der Waals surface area (Å²) in [5.74, 6) is 0.0294. The highest BCUT2D eigenvalue weighted by Gasteiger charge is 2.75. The molecular weight excluding hydrogens is 548 g/mol. The number of hydrogen-bond acceptors (Lipinski definition) is 5. The summed E-state index contributed by atoms with van der Waals surface area (Å²) in [6.07, 6.45) is -0.0605. The van der Waals surface area contributed by atoms with Gasteiger partial charge in [-0.1, -0.05) is 12.1 Å². The van der Waals surface area contributed by atoms with E-state index in [0.29, 0.717) is 37.2 Å². The highest BCUT2D eigenvalue weighted by Crippen LogP contribution is 2.71. The number of nitrogens with zero attached hydrogens (tertiary/aromatic N) is 2. The Hall–Kier alpha value is -2.99. The number of rotatable bonds is 8. The van der Waals surface area contributed by atoms with Gasteiger partial charge in [0.1, 0.15) is 17.2 Å². The molecule has 2 aromatic carbocycles. The van der Waals surface area contributed by atoms with Gasteiger partial charge in [0.15, 0.2) is 0 Å². The van der Waals surface area contributed by atoms with Gasteiger partial charge in [0.2, 0.25) is 15.9 Å². The largest absolute Gasteiger partial charge is 0.416 e. The van der Waals surface area contributed by atoms with Gasteiger partial charge in [0, 0.05) is 23.5 Å². The summed E-state index contributed by atoms with van der Waals surface area (Å²) in [6, 6.07) is 9.17. The quantitative estimate of drug-likeness (QED) is 0.455. The number of benzene rings is 2. The van der Waals surface area contributed by atoms with Crippen LogP contribution in [0.15, 0.2) is 58.4 Å². The molecule has 12 heteroatoms. The molecule has 0 radical (unpaired) electrons. The number of carbonyl (C=O) groups is 1. The predicted molar refractivity (Wildman–Crippen MR) is 139 cm³/mol. The minimum absolute atomic E-state index is 0.0869. The SMILES string of the molecule is C[C@]1(C(=O)NC2CCC2)CN=C(C23CC(N(Cc4ccc(C(F)(F)F)cc4)S(=O)(=O)c4ccc(F)cc4)(C2)C3)N1. The van der Waals surface area contributed by atoms with Gasteiger partial charge in [-0.25, -0.2) is 12.8 Å². The lowest BCUT2D eigenvalue weighted by Gasteiger charge is -2.73. The van der Waals surface area contributed by atoms with Crippen LogP contribution < -0.4 is 10.6 Å². The van der Waals surface area contributed by atoms with Gasteiger partial charge in [-0.2, -0.15) is 17.5 Å². The summed E-state index contributed by atoms with van der Waals surface area (Å²) >= 11 is 0. The topological polar surface area (TPSA) is 90.9 Å². The van der Waals surface area contributed by atoms with Crippen LogP contribution in [0.3, 0.4) is 0 Å². The van der Waals surface area contributed by atoms with Gasteiger partial charge in [-0.15, -0.1) is 0 Å². The molecule has 0 unspecified atom stereocenters. The van der Waals surface area contributed by atoms with Crippen molar-refractivity contribution in [1.82, 2.24) is 14.9 Å². The molecule has 0 spiro atoms.